The minimum absolute atomic E-state index is 0.102. The van der Waals surface area contributed by atoms with Crippen molar-refractivity contribution in [3.63, 3.8) is 0 Å². The average Bonchev–Trinajstić information content (AvgIpc) is 2.72. The van der Waals surface area contributed by atoms with E-state index < -0.39 is 17.1 Å². The lowest BCUT2D eigenvalue weighted by atomic mass is 10.1. The van der Waals surface area contributed by atoms with Crippen LogP contribution in [0, 0.1) is 0 Å². The van der Waals surface area contributed by atoms with Crippen LogP contribution < -0.4 is 10.3 Å². The van der Waals surface area contributed by atoms with Gasteiger partial charge in [-0.05, 0) is 19.1 Å². The molecule has 1 amide bonds. The van der Waals surface area contributed by atoms with E-state index in [0.717, 1.165) is 23.4 Å². The van der Waals surface area contributed by atoms with Gasteiger partial charge < -0.3 is 5.32 Å². The first-order valence-corrected chi connectivity index (χ1v) is 9.62. The second-order valence-corrected chi connectivity index (χ2v) is 7.48. The largest absolute Gasteiger partial charge is 0.433 e. The number of thioether (sulfide) groups is 1. The number of carbonyl (C=O) groups excluding carboxylic acids is 1. The molecule has 5 nitrogen and oxygen atoms in total. The highest BCUT2D eigenvalue weighted by Crippen LogP contribution is 2.32. The Bertz CT molecular complexity index is 968. The Labute approximate surface area is 169 Å². The maximum atomic E-state index is 13.3. The van der Waals surface area contributed by atoms with Crippen LogP contribution in [0.3, 0.4) is 0 Å². The predicted octanol–water partition coefficient (Wildman–Crippen LogP) is 3.77. The first-order valence-electron chi connectivity index (χ1n) is 8.74. The van der Waals surface area contributed by atoms with Crippen LogP contribution in [-0.2, 0) is 17.5 Å². The summed E-state index contributed by atoms with van der Waals surface area (Å²) in [6, 6.07) is 13.1. The predicted molar refractivity (Wildman–Crippen MR) is 103 cm³/mol. The van der Waals surface area contributed by atoms with Gasteiger partial charge in [0.1, 0.15) is 5.69 Å². The molecule has 0 fully saturated rings. The molecule has 1 unspecified atom stereocenters. The van der Waals surface area contributed by atoms with Crippen molar-refractivity contribution in [1.29, 1.82) is 0 Å². The lowest BCUT2D eigenvalue weighted by molar-refractivity contribution is -0.378. The minimum atomic E-state index is -4.61. The summed E-state index contributed by atoms with van der Waals surface area (Å²) in [7, 11) is 0. The van der Waals surface area contributed by atoms with Gasteiger partial charge in [0.05, 0.1) is 10.9 Å². The van der Waals surface area contributed by atoms with Crippen molar-refractivity contribution in [2.45, 2.75) is 30.1 Å². The van der Waals surface area contributed by atoms with Crippen molar-refractivity contribution in [2.24, 2.45) is 0 Å². The van der Waals surface area contributed by atoms with E-state index in [1.165, 1.54) is 0 Å². The number of rotatable bonds is 6. The summed E-state index contributed by atoms with van der Waals surface area (Å²) in [4.78, 5) is 23.1. The molecule has 2 heterocycles. The van der Waals surface area contributed by atoms with E-state index in [-0.39, 0.29) is 16.8 Å². The molecular weight excluding hydrogens is 401 g/mol. The normalized spacial score (nSPS) is 12.4. The quantitative estimate of drug-likeness (QED) is 0.488. The molecule has 2 N–H and O–H groups in total. The van der Waals surface area contributed by atoms with Crippen LogP contribution in [0.1, 0.15) is 18.2 Å². The smallest absolute Gasteiger partial charge is 0.351 e. The van der Waals surface area contributed by atoms with Gasteiger partial charge in [-0.15, -0.1) is 0 Å². The van der Waals surface area contributed by atoms with Crippen molar-refractivity contribution in [2.75, 3.05) is 0 Å². The number of H-pyrrole nitrogens is 1. The van der Waals surface area contributed by atoms with Gasteiger partial charge in [-0.3, -0.25) is 4.79 Å². The minimum Gasteiger partial charge on any atom is -0.351 e. The Morgan fingerprint density at radius 1 is 1.17 bits per heavy atom. The number of alkyl halides is 3. The van der Waals surface area contributed by atoms with Gasteiger partial charge in [0.15, 0.2) is 17.6 Å². The molecule has 1 aromatic carbocycles. The van der Waals surface area contributed by atoms with Crippen molar-refractivity contribution >= 4 is 17.7 Å². The molecule has 3 aromatic rings. The zero-order valence-corrected chi connectivity index (χ0v) is 16.2. The summed E-state index contributed by atoms with van der Waals surface area (Å²) in [5, 5.41) is 1.98. The van der Waals surface area contributed by atoms with Gasteiger partial charge in [-0.2, -0.15) is 13.2 Å². The van der Waals surface area contributed by atoms with Gasteiger partial charge in [0.2, 0.25) is 5.91 Å². The number of aromatic nitrogens is 3. The molecule has 0 bridgehead atoms. The van der Waals surface area contributed by atoms with Crippen LogP contribution in [0.5, 0.6) is 0 Å². The van der Waals surface area contributed by atoms with Gasteiger partial charge in [0, 0.05) is 23.7 Å². The van der Waals surface area contributed by atoms with Crippen molar-refractivity contribution < 1.29 is 22.9 Å². The lowest BCUT2D eigenvalue weighted by Gasteiger charge is -2.13. The molecule has 3 rings (SSSR count). The summed E-state index contributed by atoms with van der Waals surface area (Å²) in [6.07, 6.45) is -1.11. The Morgan fingerprint density at radius 3 is 2.59 bits per heavy atom. The number of amides is 1. The molecule has 0 aliphatic carbocycles. The Hall–Kier alpha value is -2.94. The molecule has 0 saturated heterocycles. The van der Waals surface area contributed by atoms with Crippen molar-refractivity contribution in [3.05, 3.63) is 72.2 Å². The summed E-state index contributed by atoms with van der Waals surface area (Å²) in [6.45, 7) is 1.91. The van der Waals surface area contributed by atoms with Crippen molar-refractivity contribution in [3.8, 4) is 11.3 Å². The number of carbonyl (C=O) groups is 1. The molecule has 29 heavy (non-hydrogen) atoms. The Balaban J connectivity index is 1.77. The monoisotopic (exact) mass is 419 g/mol. The number of halogens is 3. The number of aromatic amines is 1. The molecule has 1 atom stereocenters. The number of nitrogens with one attached hydrogen (secondary N) is 2. The third kappa shape index (κ3) is 5.77. The summed E-state index contributed by atoms with van der Waals surface area (Å²) in [5.41, 5.74) is 0.531. The van der Waals surface area contributed by atoms with Gasteiger partial charge in [0.25, 0.3) is 0 Å². The van der Waals surface area contributed by atoms with Crippen LogP contribution in [-0.4, -0.2) is 21.1 Å². The van der Waals surface area contributed by atoms with Crippen LogP contribution in [0.15, 0.2) is 66.1 Å². The van der Waals surface area contributed by atoms with E-state index in [1.807, 2.05) is 6.07 Å². The molecular formula is C20H18F3N4OS+. The van der Waals surface area contributed by atoms with E-state index >= 15 is 0 Å². The number of hydrogen-bond acceptors (Lipinski definition) is 4. The SMILES string of the molecule is CC(Sc1nc(-c2ccccc2)cc(C(F)(F)F)n1)C(=O)NCc1ccc[nH+]c1. The standard InChI is InChI=1S/C20H17F3N4OS/c1-13(18(28)25-12-14-6-5-9-24-11-14)29-19-26-16(15-7-3-2-4-8-15)10-17(27-19)20(21,22)23/h2-11,13H,12H2,1H3,(H,25,28)/p+1. The van der Waals surface area contributed by atoms with E-state index in [2.05, 4.69) is 20.3 Å². The fraction of sp³-hybridized carbons (Fsp3) is 0.200. The Morgan fingerprint density at radius 2 is 1.93 bits per heavy atom. The highest BCUT2D eigenvalue weighted by atomic mass is 32.2. The summed E-state index contributed by atoms with van der Waals surface area (Å²) < 4.78 is 39.9. The van der Waals surface area contributed by atoms with Crippen LogP contribution >= 0.6 is 11.8 Å². The zero-order chi connectivity index (χ0) is 20.9. The number of hydrogen-bond donors (Lipinski definition) is 1. The average molecular weight is 419 g/mol. The first-order chi connectivity index (χ1) is 13.8. The second kappa shape index (κ2) is 9.04. The molecule has 0 aliphatic heterocycles. The van der Waals surface area contributed by atoms with E-state index in [4.69, 9.17) is 0 Å². The molecule has 0 aliphatic rings. The first kappa shape index (κ1) is 20.8. The summed E-state index contributed by atoms with van der Waals surface area (Å²) >= 11 is 0.884. The molecule has 2 aromatic heterocycles. The molecule has 0 radical (unpaired) electrons. The molecule has 0 saturated carbocycles. The number of benzene rings is 1. The number of pyridine rings is 1. The maximum absolute atomic E-state index is 13.3. The van der Waals surface area contributed by atoms with Crippen molar-refractivity contribution in [1.82, 2.24) is 15.3 Å². The summed E-state index contributed by atoms with van der Waals surface area (Å²) in [5.74, 6) is -0.318. The topological polar surface area (TPSA) is 69.0 Å². The maximum Gasteiger partial charge on any atom is 0.433 e. The lowest BCUT2D eigenvalue weighted by Crippen LogP contribution is -2.31. The molecule has 0 spiro atoms. The van der Waals surface area contributed by atoms with E-state index in [1.54, 1.807) is 55.7 Å². The fourth-order valence-corrected chi connectivity index (χ4v) is 3.27. The Kier molecular flexibility index (Phi) is 6.48. The van der Waals surface area contributed by atoms with Crippen LogP contribution in [0.2, 0.25) is 0 Å². The second-order valence-electron chi connectivity index (χ2n) is 6.17. The van der Waals surface area contributed by atoms with Gasteiger partial charge in [-0.1, -0.05) is 42.1 Å². The van der Waals surface area contributed by atoms with Crippen LogP contribution in [0.25, 0.3) is 11.3 Å². The third-order valence-corrected chi connectivity index (χ3v) is 4.92. The highest BCUT2D eigenvalue weighted by Gasteiger charge is 2.34. The fourth-order valence-electron chi connectivity index (χ4n) is 2.46. The van der Waals surface area contributed by atoms with E-state index in [0.29, 0.717) is 12.1 Å². The van der Waals surface area contributed by atoms with Crippen LogP contribution in [0.4, 0.5) is 13.2 Å². The molecule has 150 valence electrons. The number of nitrogens with zero attached hydrogens (tertiary/aromatic N) is 2. The molecule has 9 heteroatoms. The van der Waals surface area contributed by atoms with Gasteiger partial charge in [-0.25, -0.2) is 15.0 Å². The van der Waals surface area contributed by atoms with Gasteiger partial charge >= 0.3 is 6.18 Å². The van der Waals surface area contributed by atoms with E-state index in [9.17, 15) is 18.0 Å². The third-order valence-electron chi connectivity index (χ3n) is 3.96. The highest BCUT2D eigenvalue weighted by molar-refractivity contribution is 8.00. The zero-order valence-electron chi connectivity index (χ0n) is 15.4.